The highest BCUT2D eigenvalue weighted by Gasteiger charge is 2.16. The minimum Gasteiger partial charge on any atom is -0.348 e. The van der Waals surface area contributed by atoms with Crippen LogP contribution < -0.4 is 5.32 Å². The second-order valence-electron chi connectivity index (χ2n) is 6.24. The number of amides is 1. The second kappa shape index (κ2) is 7.14. The average Bonchev–Trinajstić information content (AvgIpc) is 2.35. The monoisotopic (exact) mass is 294 g/mol. The summed E-state index contributed by atoms with van der Waals surface area (Å²) in [5.74, 6) is 0.146. The molecule has 3 nitrogen and oxygen atoms in total. The van der Waals surface area contributed by atoms with Crippen molar-refractivity contribution in [3.05, 3.63) is 29.8 Å². The van der Waals surface area contributed by atoms with E-state index in [0.717, 1.165) is 11.4 Å². The van der Waals surface area contributed by atoms with E-state index in [4.69, 9.17) is 0 Å². The lowest BCUT2D eigenvalue weighted by molar-refractivity contribution is -0.127. The SMILES string of the molecule is CC(Sc1cccc(CNC(C)(C)C)c1)C(=O)N(C)C. The van der Waals surface area contributed by atoms with Gasteiger partial charge in [0.15, 0.2) is 0 Å². The molecular weight excluding hydrogens is 268 g/mol. The van der Waals surface area contributed by atoms with Gasteiger partial charge in [-0.05, 0) is 45.4 Å². The lowest BCUT2D eigenvalue weighted by Crippen LogP contribution is -2.35. The maximum atomic E-state index is 11.9. The van der Waals surface area contributed by atoms with Gasteiger partial charge in [-0.15, -0.1) is 11.8 Å². The Morgan fingerprint density at radius 3 is 2.55 bits per heavy atom. The van der Waals surface area contributed by atoms with Crippen molar-refractivity contribution in [3.8, 4) is 0 Å². The van der Waals surface area contributed by atoms with Gasteiger partial charge < -0.3 is 10.2 Å². The van der Waals surface area contributed by atoms with E-state index in [0.29, 0.717) is 0 Å². The minimum atomic E-state index is -0.0594. The molecule has 0 spiro atoms. The van der Waals surface area contributed by atoms with Crippen LogP contribution in [0.15, 0.2) is 29.2 Å². The van der Waals surface area contributed by atoms with Crippen LogP contribution in [0.2, 0.25) is 0 Å². The highest BCUT2D eigenvalue weighted by molar-refractivity contribution is 8.00. The van der Waals surface area contributed by atoms with Crippen LogP contribution in [0.5, 0.6) is 0 Å². The summed E-state index contributed by atoms with van der Waals surface area (Å²) < 4.78 is 0. The maximum Gasteiger partial charge on any atom is 0.235 e. The molecule has 0 aliphatic carbocycles. The molecule has 0 radical (unpaired) electrons. The quantitative estimate of drug-likeness (QED) is 0.847. The molecule has 0 heterocycles. The Bertz CT molecular complexity index is 452. The Labute approximate surface area is 127 Å². The zero-order valence-electron chi connectivity index (χ0n) is 13.4. The largest absolute Gasteiger partial charge is 0.348 e. The van der Waals surface area contributed by atoms with Crippen molar-refractivity contribution in [2.45, 2.75) is 49.9 Å². The zero-order valence-corrected chi connectivity index (χ0v) is 14.2. The van der Waals surface area contributed by atoms with Gasteiger partial charge in [0, 0.05) is 31.1 Å². The number of hydrogen-bond donors (Lipinski definition) is 1. The Hall–Kier alpha value is -1.00. The molecule has 1 rings (SSSR count). The van der Waals surface area contributed by atoms with Crippen molar-refractivity contribution < 1.29 is 4.79 Å². The van der Waals surface area contributed by atoms with E-state index >= 15 is 0 Å². The van der Waals surface area contributed by atoms with Crippen molar-refractivity contribution >= 4 is 17.7 Å². The van der Waals surface area contributed by atoms with Gasteiger partial charge in [-0.25, -0.2) is 0 Å². The molecule has 0 saturated carbocycles. The number of hydrogen-bond acceptors (Lipinski definition) is 3. The maximum absolute atomic E-state index is 11.9. The first-order valence-corrected chi connectivity index (χ1v) is 7.79. The summed E-state index contributed by atoms with van der Waals surface area (Å²) in [6, 6.07) is 8.38. The first-order chi connectivity index (χ1) is 9.19. The lowest BCUT2D eigenvalue weighted by Gasteiger charge is -2.21. The fourth-order valence-corrected chi connectivity index (χ4v) is 2.81. The van der Waals surface area contributed by atoms with Gasteiger partial charge in [0.1, 0.15) is 0 Å². The third kappa shape index (κ3) is 5.97. The van der Waals surface area contributed by atoms with Gasteiger partial charge in [0.25, 0.3) is 0 Å². The predicted octanol–water partition coefficient (Wildman–Crippen LogP) is 3.14. The van der Waals surface area contributed by atoms with Crippen molar-refractivity contribution in [1.82, 2.24) is 10.2 Å². The fourth-order valence-electron chi connectivity index (χ4n) is 1.71. The molecule has 1 amide bonds. The molecule has 1 aromatic carbocycles. The van der Waals surface area contributed by atoms with Crippen molar-refractivity contribution in [2.75, 3.05) is 14.1 Å². The molecule has 0 aromatic heterocycles. The summed E-state index contributed by atoms with van der Waals surface area (Å²) in [5, 5.41) is 3.42. The number of benzene rings is 1. The normalized spacial score (nSPS) is 13.1. The Morgan fingerprint density at radius 2 is 2.00 bits per heavy atom. The average molecular weight is 294 g/mol. The molecule has 0 bridgehead atoms. The summed E-state index contributed by atoms with van der Waals surface area (Å²) in [7, 11) is 3.59. The summed E-state index contributed by atoms with van der Waals surface area (Å²) in [6.45, 7) is 9.26. The fraction of sp³-hybridized carbons (Fsp3) is 0.562. The van der Waals surface area contributed by atoms with Crippen LogP contribution in [0.3, 0.4) is 0 Å². The minimum absolute atomic E-state index is 0.0594. The van der Waals surface area contributed by atoms with E-state index in [-0.39, 0.29) is 16.7 Å². The van der Waals surface area contributed by atoms with E-state index in [1.54, 1.807) is 30.8 Å². The van der Waals surface area contributed by atoms with E-state index in [9.17, 15) is 4.79 Å². The third-order valence-electron chi connectivity index (χ3n) is 2.82. The summed E-state index contributed by atoms with van der Waals surface area (Å²) in [4.78, 5) is 14.7. The van der Waals surface area contributed by atoms with Crippen LogP contribution in [0, 0.1) is 0 Å². The zero-order chi connectivity index (χ0) is 15.3. The van der Waals surface area contributed by atoms with E-state index in [1.165, 1.54) is 5.56 Å². The summed E-state index contributed by atoms with van der Waals surface area (Å²) >= 11 is 1.61. The Morgan fingerprint density at radius 1 is 1.35 bits per heavy atom. The molecule has 20 heavy (non-hydrogen) atoms. The van der Waals surface area contributed by atoms with Gasteiger partial charge in [0.05, 0.1) is 5.25 Å². The first kappa shape index (κ1) is 17.1. The van der Waals surface area contributed by atoms with Gasteiger partial charge in [-0.1, -0.05) is 12.1 Å². The van der Waals surface area contributed by atoms with Crippen LogP contribution in [-0.2, 0) is 11.3 Å². The van der Waals surface area contributed by atoms with Crippen molar-refractivity contribution in [1.29, 1.82) is 0 Å². The summed E-state index contributed by atoms with van der Waals surface area (Å²) in [6.07, 6.45) is 0. The van der Waals surface area contributed by atoms with Crippen LogP contribution in [0.4, 0.5) is 0 Å². The van der Waals surface area contributed by atoms with Gasteiger partial charge >= 0.3 is 0 Å². The molecule has 0 aliphatic heterocycles. The molecule has 1 unspecified atom stereocenters. The molecule has 1 N–H and O–H groups in total. The highest BCUT2D eigenvalue weighted by atomic mass is 32.2. The molecule has 0 aliphatic rings. The molecule has 112 valence electrons. The topological polar surface area (TPSA) is 32.3 Å². The highest BCUT2D eigenvalue weighted by Crippen LogP contribution is 2.25. The number of carbonyl (C=O) groups is 1. The van der Waals surface area contributed by atoms with Crippen LogP contribution in [0.25, 0.3) is 0 Å². The Kier molecular flexibility index (Phi) is 6.08. The van der Waals surface area contributed by atoms with E-state index in [1.807, 2.05) is 6.92 Å². The van der Waals surface area contributed by atoms with E-state index in [2.05, 4.69) is 50.4 Å². The van der Waals surface area contributed by atoms with Crippen molar-refractivity contribution in [3.63, 3.8) is 0 Å². The van der Waals surface area contributed by atoms with Crippen LogP contribution in [0.1, 0.15) is 33.3 Å². The molecule has 1 aromatic rings. The van der Waals surface area contributed by atoms with Crippen molar-refractivity contribution in [2.24, 2.45) is 0 Å². The van der Waals surface area contributed by atoms with Crippen LogP contribution in [-0.4, -0.2) is 35.7 Å². The molecule has 4 heteroatoms. The molecule has 0 fully saturated rings. The number of carbonyl (C=O) groups excluding carboxylic acids is 1. The second-order valence-corrected chi connectivity index (χ2v) is 7.66. The molecule has 1 atom stereocenters. The first-order valence-electron chi connectivity index (χ1n) is 6.91. The number of rotatable bonds is 5. The van der Waals surface area contributed by atoms with Crippen LogP contribution >= 0.6 is 11.8 Å². The van der Waals surface area contributed by atoms with Gasteiger partial charge in [-0.2, -0.15) is 0 Å². The lowest BCUT2D eigenvalue weighted by atomic mass is 10.1. The van der Waals surface area contributed by atoms with Gasteiger partial charge in [-0.3, -0.25) is 4.79 Å². The Balaban J connectivity index is 2.66. The van der Waals surface area contributed by atoms with Gasteiger partial charge in [0.2, 0.25) is 5.91 Å². The summed E-state index contributed by atoms with van der Waals surface area (Å²) in [5.41, 5.74) is 1.35. The molecule has 0 saturated heterocycles. The number of thioether (sulfide) groups is 1. The van der Waals surface area contributed by atoms with E-state index < -0.39 is 0 Å². The third-order valence-corrected chi connectivity index (χ3v) is 3.90. The molecular formula is C16H26N2OS. The number of nitrogens with one attached hydrogen (secondary N) is 1. The predicted molar refractivity (Wildman–Crippen MR) is 87.0 cm³/mol. The number of nitrogens with zero attached hydrogens (tertiary/aromatic N) is 1. The smallest absolute Gasteiger partial charge is 0.235 e. The standard InChI is InChI=1S/C16H26N2OS/c1-12(15(19)18(5)6)20-14-9-7-8-13(10-14)11-17-16(2,3)4/h7-10,12,17H,11H2,1-6H3.